The van der Waals surface area contributed by atoms with Crippen LogP contribution in [0, 0.1) is 59.3 Å². The number of aryl methyl sites for hydroxylation is 9. The number of hydrogen-bond donors (Lipinski definition) is 1. The molecule has 9 aromatic heterocycles. The van der Waals surface area contributed by atoms with Gasteiger partial charge >= 0.3 is 17.1 Å². The molecule has 0 saturated heterocycles. The molecule has 12 rings (SSSR count). The number of nitrogens with one attached hydrogen (secondary N) is 1. The van der Waals surface area contributed by atoms with Crippen LogP contribution < -0.4 is 33.7 Å². The number of aromatic amines is 1. The fourth-order valence-electron chi connectivity index (χ4n) is 8.72. The second-order valence-electron chi connectivity index (χ2n) is 19.4. The summed E-state index contributed by atoms with van der Waals surface area (Å²) in [5, 5.41) is 11.5. The van der Waals surface area contributed by atoms with Crippen molar-refractivity contribution in [1.82, 2.24) is 71.9 Å². The fraction of sp³-hybridized carbons (Fsp3) is 0.500. The van der Waals surface area contributed by atoms with Crippen LogP contribution >= 0.6 is 11.6 Å². The van der Waals surface area contributed by atoms with Gasteiger partial charge in [-0.25, -0.2) is 29.3 Å². The minimum atomic E-state index is -0.422. The molecule has 0 spiro atoms. The maximum absolute atomic E-state index is 13.0. The van der Waals surface area contributed by atoms with E-state index in [1.807, 2.05) is 27.5 Å². The Morgan fingerprint density at radius 1 is 0.521 bits per heavy atom. The van der Waals surface area contributed by atoms with Gasteiger partial charge in [-0.1, -0.05) is 15.5 Å². The quantitative estimate of drug-likeness (QED) is 0.181. The molecule has 3 saturated carbocycles. The van der Waals surface area contributed by atoms with E-state index in [1.54, 1.807) is 67.8 Å². The number of aromatic nitrogens is 15. The summed E-state index contributed by atoms with van der Waals surface area (Å²) < 4.78 is 27.4. The average Bonchev–Trinajstić information content (AvgIpc) is 4.31. The van der Waals surface area contributed by atoms with Crippen molar-refractivity contribution in [1.29, 1.82) is 0 Å². The molecule has 3 fully saturated rings. The zero-order valence-corrected chi connectivity index (χ0v) is 43.0. The van der Waals surface area contributed by atoms with Crippen molar-refractivity contribution in [3.63, 3.8) is 0 Å². The molecule has 1 N–H and O–H groups in total. The highest BCUT2D eigenvalue weighted by molar-refractivity contribution is 6.17. The maximum atomic E-state index is 13.0. The Balaban J connectivity index is 0.000000126. The van der Waals surface area contributed by atoms with Gasteiger partial charge in [-0.05, 0) is 97.8 Å². The van der Waals surface area contributed by atoms with Crippen molar-refractivity contribution in [3.05, 3.63) is 133 Å². The smallest absolute Gasteiger partial charge is 0.332 e. The standard InChI is InChI=1S/2C16H19N5O3.C10H12N4O2.C6H8ClNO/c2*1-9-12(10(2)24-18-9)7-21-15(22)13-14(19(3)16(21)23)17-8-20(13)6-11-4-5-11;1-13-8-7(9(15)12-10(13)16)14(5-11-8)4-6-2-3-6;1-4-6(3-7)5(2)9-8-4/h2*8,11H,4-7H2,1-3H3;5-6H,2-4H2,1H3,(H,12,15,16);3H2,1-2H3. The molecule has 0 radical (unpaired) electrons. The highest BCUT2D eigenvalue weighted by Gasteiger charge is 2.27. The lowest BCUT2D eigenvalue weighted by molar-refractivity contribution is 0.391. The molecule has 386 valence electrons. The first-order chi connectivity index (χ1) is 34.9. The summed E-state index contributed by atoms with van der Waals surface area (Å²) in [6.07, 6.45) is 12.1. The third-order valence-corrected chi connectivity index (χ3v) is 14.1. The van der Waals surface area contributed by atoms with E-state index < -0.39 is 5.69 Å². The van der Waals surface area contributed by atoms with Crippen LogP contribution in [0.3, 0.4) is 0 Å². The first kappa shape index (κ1) is 50.3. The molecular formula is C48H58ClN15O9. The number of hydrogen-bond acceptors (Lipinski definition) is 15. The van der Waals surface area contributed by atoms with Gasteiger partial charge in [0.2, 0.25) is 0 Å². The zero-order chi connectivity index (χ0) is 52.2. The lowest BCUT2D eigenvalue weighted by Gasteiger charge is -2.09. The number of alkyl halides is 1. The lowest BCUT2D eigenvalue weighted by atomic mass is 10.2. The minimum Gasteiger partial charge on any atom is -0.361 e. The third-order valence-electron chi connectivity index (χ3n) is 13.8. The van der Waals surface area contributed by atoms with Gasteiger partial charge in [0.1, 0.15) is 17.3 Å². The van der Waals surface area contributed by atoms with E-state index in [-0.39, 0.29) is 41.1 Å². The normalized spacial score (nSPS) is 14.3. The highest BCUT2D eigenvalue weighted by atomic mass is 35.5. The number of nitrogens with zero attached hydrogens (tertiary/aromatic N) is 14. The van der Waals surface area contributed by atoms with E-state index in [4.69, 9.17) is 25.2 Å². The van der Waals surface area contributed by atoms with Crippen molar-refractivity contribution in [2.75, 3.05) is 0 Å². The Labute approximate surface area is 419 Å². The molecule has 24 nitrogen and oxygen atoms in total. The van der Waals surface area contributed by atoms with Crippen LogP contribution in [-0.4, -0.2) is 71.9 Å². The van der Waals surface area contributed by atoms with Gasteiger partial charge in [0.05, 0.1) is 55.0 Å². The minimum absolute atomic E-state index is 0.150. The fourth-order valence-corrected chi connectivity index (χ4v) is 9.11. The number of halogens is 1. The topological polar surface area (TPSA) is 274 Å². The van der Waals surface area contributed by atoms with E-state index in [0.29, 0.717) is 80.0 Å². The summed E-state index contributed by atoms with van der Waals surface area (Å²) in [5.41, 5.74) is 5.41. The first-order valence-corrected chi connectivity index (χ1v) is 24.6. The molecule has 0 amide bonds. The second kappa shape index (κ2) is 20.1. The van der Waals surface area contributed by atoms with Gasteiger partial charge < -0.3 is 27.3 Å². The molecule has 0 unspecified atom stereocenters. The molecule has 0 aliphatic heterocycles. The molecular weight excluding hydrogens is 966 g/mol. The van der Waals surface area contributed by atoms with E-state index in [2.05, 4.69) is 35.4 Å². The van der Waals surface area contributed by atoms with Crippen molar-refractivity contribution in [2.24, 2.45) is 38.9 Å². The second-order valence-corrected chi connectivity index (χ2v) is 19.6. The molecule has 9 heterocycles. The maximum Gasteiger partial charge on any atom is 0.332 e. The number of rotatable bonds is 11. The Morgan fingerprint density at radius 2 is 0.863 bits per heavy atom. The van der Waals surface area contributed by atoms with Crippen LogP contribution in [0.4, 0.5) is 0 Å². The van der Waals surface area contributed by atoms with Crippen LogP contribution in [0.15, 0.2) is 61.3 Å². The molecule has 0 atom stereocenters. The molecule has 3 aliphatic carbocycles. The van der Waals surface area contributed by atoms with Gasteiger partial charge in [-0.15, -0.1) is 11.6 Å². The Hall–Kier alpha value is -7.63. The third kappa shape index (κ3) is 10.1. The van der Waals surface area contributed by atoms with Crippen LogP contribution in [0.25, 0.3) is 33.5 Å². The average molecular weight is 1020 g/mol. The van der Waals surface area contributed by atoms with E-state index in [1.165, 1.54) is 61.4 Å². The van der Waals surface area contributed by atoms with Crippen LogP contribution in [-0.2, 0) is 59.7 Å². The van der Waals surface area contributed by atoms with Crippen LogP contribution in [0.1, 0.15) is 89.6 Å². The molecule has 73 heavy (non-hydrogen) atoms. The van der Waals surface area contributed by atoms with Crippen molar-refractivity contribution in [2.45, 2.75) is 119 Å². The van der Waals surface area contributed by atoms with Gasteiger partial charge in [-0.2, -0.15) is 0 Å². The van der Waals surface area contributed by atoms with Crippen LogP contribution in [0.5, 0.6) is 0 Å². The van der Waals surface area contributed by atoms with E-state index in [9.17, 15) is 28.8 Å². The Bertz CT molecular complexity index is 3680. The summed E-state index contributed by atoms with van der Waals surface area (Å²) in [4.78, 5) is 89.2. The summed E-state index contributed by atoms with van der Waals surface area (Å²) in [6, 6.07) is 0. The van der Waals surface area contributed by atoms with Gasteiger partial charge in [0.15, 0.2) is 33.5 Å². The molecule has 0 bridgehead atoms. The summed E-state index contributed by atoms with van der Waals surface area (Å²) >= 11 is 5.58. The predicted molar refractivity (Wildman–Crippen MR) is 268 cm³/mol. The lowest BCUT2D eigenvalue weighted by Crippen LogP contribution is -2.40. The molecule has 0 aromatic carbocycles. The Morgan fingerprint density at radius 3 is 1.18 bits per heavy atom. The van der Waals surface area contributed by atoms with Crippen molar-refractivity contribution >= 4 is 45.1 Å². The zero-order valence-electron chi connectivity index (χ0n) is 42.3. The number of fused-ring (bicyclic) bond motifs is 3. The Kier molecular flexibility index (Phi) is 13.9. The predicted octanol–water partition coefficient (Wildman–Crippen LogP) is 3.78. The highest BCUT2D eigenvalue weighted by Crippen LogP contribution is 2.33. The van der Waals surface area contributed by atoms with Crippen molar-refractivity contribution < 1.29 is 13.6 Å². The van der Waals surface area contributed by atoms with Crippen LogP contribution in [0.2, 0.25) is 0 Å². The van der Waals surface area contributed by atoms with E-state index >= 15 is 0 Å². The van der Waals surface area contributed by atoms with Crippen molar-refractivity contribution in [3.8, 4) is 0 Å². The van der Waals surface area contributed by atoms with Gasteiger partial charge in [0.25, 0.3) is 16.7 Å². The summed E-state index contributed by atoms with van der Waals surface area (Å²) in [5.74, 6) is 4.42. The summed E-state index contributed by atoms with van der Waals surface area (Å²) in [6.45, 7) is 13.6. The molecule has 25 heteroatoms. The van der Waals surface area contributed by atoms with Gasteiger partial charge in [-0.3, -0.25) is 42.2 Å². The largest absolute Gasteiger partial charge is 0.361 e. The first-order valence-electron chi connectivity index (χ1n) is 24.1. The number of H-pyrrole nitrogens is 1. The monoisotopic (exact) mass is 1020 g/mol. The van der Waals surface area contributed by atoms with Gasteiger partial charge in [0, 0.05) is 57.5 Å². The molecule has 9 aromatic rings. The van der Waals surface area contributed by atoms with E-state index in [0.717, 1.165) is 47.8 Å². The molecule has 3 aliphatic rings. The number of imidazole rings is 3. The summed E-state index contributed by atoms with van der Waals surface area (Å²) in [7, 11) is 4.89. The SMILES string of the molecule is Cc1noc(C)c1CCl.Cc1noc(C)c1Cn1c(=O)c2c(ncn2CC2CC2)n(C)c1=O.Cc1noc(C)c1Cn1c(=O)c2c(ncn2CC2CC2)n(C)c1=O.Cn1c(=O)[nH]c(=O)c2c1ncn2CC1CC1.